The van der Waals surface area contributed by atoms with Crippen molar-refractivity contribution in [3.8, 4) is 0 Å². The maximum atomic E-state index is 12.6. The molecule has 1 fully saturated rings. The molecule has 0 radical (unpaired) electrons. The van der Waals surface area contributed by atoms with Gasteiger partial charge in [0.05, 0.1) is 12.2 Å². The van der Waals surface area contributed by atoms with Gasteiger partial charge in [-0.25, -0.2) is 13.4 Å². The van der Waals surface area contributed by atoms with Crippen LogP contribution >= 0.6 is 0 Å². The minimum absolute atomic E-state index is 0.137. The highest BCUT2D eigenvalue weighted by atomic mass is 32.2. The zero-order valence-corrected chi connectivity index (χ0v) is 19.3. The number of benzene rings is 1. The molecule has 9 nitrogen and oxygen atoms in total. The SMILES string of the molecule is CCNC(=NCc1ccc(CN(C)C)cc1)N1CCN(S(=O)(=O)Cc2ccon2)CC1. The normalized spacial score (nSPS) is 16.1. The fraction of sp³-hybridized carbons (Fsp3) is 0.524. The second-order valence-corrected chi connectivity index (χ2v) is 9.83. The molecule has 3 rings (SSSR count). The standard InChI is InChI=1S/C21H32N6O3S/c1-4-22-21(23-15-18-5-7-19(8-6-18)16-25(2)3)26-10-12-27(13-11-26)31(28,29)17-20-9-14-30-24-20/h5-9,14H,4,10-13,15-17H2,1-3H3,(H,22,23). The molecule has 1 aromatic carbocycles. The Morgan fingerprint density at radius 3 is 2.39 bits per heavy atom. The molecule has 2 heterocycles. The number of hydrogen-bond acceptors (Lipinski definition) is 6. The van der Waals surface area contributed by atoms with Crippen LogP contribution in [0.1, 0.15) is 23.7 Å². The first-order chi connectivity index (χ1) is 14.9. The number of aliphatic imine (C=N–C) groups is 1. The van der Waals surface area contributed by atoms with Crippen LogP contribution in [-0.4, -0.2) is 80.5 Å². The van der Waals surface area contributed by atoms with Crippen molar-refractivity contribution < 1.29 is 12.9 Å². The van der Waals surface area contributed by atoms with Crippen molar-refractivity contribution in [3.63, 3.8) is 0 Å². The lowest BCUT2D eigenvalue weighted by Gasteiger charge is -2.35. The van der Waals surface area contributed by atoms with Gasteiger partial charge in [-0.05, 0) is 32.1 Å². The van der Waals surface area contributed by atoms with Crippen LogP contribution in [0, 0.1) is 0 Å². The number of nitrogens with one attached hydrogen (secondary N) is 1. The van der Waals surface area contributed by atoms with Gasteiger partial charge in [-0.3, -0.25) is 0 Å². The molecule has 0 amide bonds. The maximum absolute atomic E-state index is 12.6. The lowest BCUT2D eigenvalue weighted by atomic mass is 10.1. The highest BCUT2D eigenvalue weighted by Gasteiger charge is 2.29. The van der Waals surface area contributed by atoms with Crippen LogP contribution in [0.4, 0.5) is 0 Å². The molecule has 10 heteroatoms. The van der Waals surface area contributed by atoms with Crippen LogP contribution in [-0.2, 0) is 28.9 Å². The summed E-state index contributed by atoms with van der Waals surface area (Å²) in [6.07, 6.45) is 1.39. The van der Waals surface area contributed by atoms with Crippen molar-refractivity contribution >= 4 is 16.0 Å². The van der Waals surface area contributed by atoms with Crippen LogP contribution in [0.2, 0.25) is 0 Å². The number of piperazine rings is 1. The highest BCUT2D eigenvalue weighted by molar-refractivity contribution is 7.88. The number of rotatable bonds is 8. The predicted octanol–water partition coefficient (Wildman–Crippen LogP) is 1.35. The topological polar surface area (TPSA) is 94.3 Å². The van der Waals surface area contributed by atoms with Crippen molar-refractivity contribution in [2.45, 2.75) is 25.8 Å². The molecular formula is C21H32N6O3S. The first-order valence-electron chi connectivity index (χ1n) is 10.5. The molecule has 0 unspecified atom stereocenters. The third-order valence-electron chi connectivity index (χ3n) is 5.02. The van der Waals surface area contributed by atoms with E-state index in [0.29, 0.717) is 38.4 Å². The minimum atomic E-state index is -3.42. The summed E-state index contributed by atoms with van der Waals surface area (Å²) in [5.74, 6) is 0.676. The molecule has 170 valence electrons. The Morgan fingerprint density at radius 1 is 1.13 bits per heavy atom. The molecule has 1 aliphatic rings. The summed E-state index contributed by atoms with van der Waals surface area (Å²) in [6, 6.07) is 10.1. The van der Waals surface area contributed by atoms with Gasteiger partial charge in [0.15, 0.2) is 5.96 Å². The third kappa shape index (κ3) is 6.78. The second-order valence-electron chi connectivity index (χ2n) is 7.86. The average Bonchev–Trinajstić information content (AvgIpc) is 3.24. The Morgan fingerprint density at radius 2 is 1.81 bits per heavy atom. The lowest BCUT2D eigenvalue weighted by Crippen LogP contribution is -2.53. The summed E-state index contributed by atoms with van der Waals surface area (Å²) in [4.78, 5) is 9.03. The number of nitrogens with zero attached hydrogens (tertiary/aromatic N) is 5. The van der Waals surface area contributed by atoms with Gasteiger partial charge in [-0.1, -0.05) is 29.4 Å². The smallest absolute Gasteiger partial charge is 0.220 e. The Balaban J connectivity index is 1.58. The molecule has 0 atom stereocenters. The van der Waals surface area contributed by atoms with Crippen LogP contribution < -0.4 is 5.32 Å². The van der Waals surface area contributed by atoms with Gasteiger partial charge in [-0.2, -0.15) is 4.31 Å². The molecule has 1 N–H and O–H groups in total. The average molecular weight is 449 g/mol. The maximum Gasteiger partial charge on any atom is 0.220 e. The molecule has 1 aliphatic heterocycles. The van der Waals surface area contributed by atoms with E-state index in [9.17, 15) is 8.42 Å². The van der Waals surface area contributed by atoms with Crippen LogP contribution in [0.5, 0.6) is 0 Å². The molecule has 0 spiro atoms. The van der Waals surface area contributed by atoms with E-state index in [1.54, 1.807) is 6.07 Å². The Labute approximate surface area is 184 Å². The van der Waals surface area contributed by atoms with E-state index in [-0.39, 0.29) is 5.75 Å². The number of guanidine groups is 1. The molecule has 31 heavy (non-hydrogen) atoms. The largest absolute Gasteiger partial charge is 0.364 e. The van der Waals surface area contributed by atoms with E-state index in [0.717, 1.165) is 24.6 Å². The van der Waals surface area contributed by atoms with Gasteiger partial charge < -0.3 is 19.6 Å². The molecular weight excluding hydrogens is 416 g/mol. The molecule has 0 saturated carbocycles. The second kappa shape index (κ2) is 10.7. The molecule has 0 bridgehead atoms. The van der Waals surface area contributed by atoms with Crippen molar-refractivity contribution in [1.29, 1.82) is 0 Å². The fourth-order valence-corrected chi connectivity index (χ4v) is 4.90. The number of sulfonamides is 1. The van der Waals surface area contributed by atoms with Crippen molar-refractivity contribution in [2.24, 2.45) is 4.99 Å². The summed E-state index contributed by atoms with van der Waals surface area (Å²) in [6.45, 7) is 6.30. The monoisotopic (exact) mass is 448 g/mol. The van der Waals surface area contributed by atoms with Gasteiger partial charge in [0.25, 0.3) is 0 Å². The van der Waals surface area contributed by atoms with Crippen LogP contribution in [0.15, 0.2) is 46.1 Å². The molecule has 1 aromatic heterocycles. The van der Waals surface area contributed by atoms with E-state index in [2.05, 4.69) is 58.6 Å². The van der Waals surface area contributed by atoms with E-state index in [4.69, 9.17) is 9.52 Å². The Kier molecular flexibility index (Phi) is 8.05. The lowest BCUT2D eigenvalue weighted by molar-refractivity contribution is 0.259. The first-order valence-corrected chi connectivity index (χ1v) is 12.1. The van der Waals surface area contributed by atoms with Crippen LogP contribution in [0.25, 0.3) is 0 Å². The van der Waals surface area contributed by atoms with E-state index >= 15 is 0 Å². The first kappa shape index (κ1) is 23.2. The van der Waals surface area contributed by atoms with E-state index in [1.165, 1.54) is 16.1 Å². The third-order valence-corrected chi connectivity index (χ3v) is 6.83. The summed E-state index contributed by atoms with van der Waals surface area (Å²) >= 11 is 0. The Hall–Kier alpha value is -2.43. The highest BCUT2D eigenvalue weighted by Crippen LogP contribution is 2.13. The summed E-state index contributed by atoms with van der Waals surface area (Å²) in [5, 5.41) is 7.04. The summed E-state index contributed by atoms with van der Waals surface area (Å²) in [5.41, 5.74) is 2.84. The zero-order valence-electron chi connectivity index (χ0n) is 18.5. The van der Waals surface area contributed by atoms with Crippen molar-refractivity contribution in [3.05, 3.63) is 53.4 Å². The number of hydrogen-bond donors (Lipinski definition) is 1. The molecule has 2 aromatic rings. The van der Waals surface area contributed by atoms with E-state index in [1.807, 2.05) is 6.92 Å². The van der Waals surface area contributed by atoms with Crippen molar-refractivity contribution in [1.82, 2.24) is 24.6 Å². The van der Waals surface area contributed by atoms with Gasteiger partial charge in [0.2, 0.25) is 10.0 Å². The minimum Gasteiger partial charge on any atom is -0.364 e. The van der Waals surface area contributed by atoms with Crippen LogP contribution in [0.3, 0.4) is 0 Å². The van der Waals surface area contributed by atoms with Crippen molar-refractivity contribution in [2.75, 3.05) is 46.8 Å². The predicted molar refractivity (Wildman–Crippen MR) is 121 cm³/mol. The fourth-order valence-electron chi connectivity index (χ4n) is 3.48. The summed E-state index contributed by atoms with van der Waals surface area (Å²) < 4.78 is 31.5. The van der Waals surface area contributed by atoms with Gasteiger partial charge >= 0.3 is 0 Å². The molecule has 0 aliphatic carbocycles. The Bertz CT molecular complexity index is 934. The zero-order chi connectivity index (χ0) is 22.3. The summed E-state index contributed by atoms with van der Waals surface area (Å²) in [7, 11) is 0.696. The number of aromatic nitrogens is 1. The van der Waals surface area contributed by atoms with E-state index < -0.39 is 10.0 Å². The van der Waals surface area contributed by atoms with Gasteiger partial charge in [0.1, 0.15) is 12.0 Å². The molecule has 1 saturated heterocycles. The van der Waals surface area contributed by atoms with Gasteiger partial charge in [0, 0.05) is 45.3 Å². The van der Waals surface area contributed by atoms with Gasteiger partial charge in [-0.15, -0.1) is 0 Å². The quantitative estimate of drug-likeness (QED) is 0.481.